The number of benzene rings is 2. The number of hydrogen-bond donors (Lipinski definition) is 1. The van der Waals surface area contributed by atoms with E-state index in [1.165, 1.54) is 49.0 Å². The van der Waals surface area contributed by atoms with Crippen LogP contribution < -0.4 is 14.8 Å². The first-order valence-corrected chi connectivity index (χ1v) is 11.2. The lowest BCUT2D eigenvalue weighted by atomic mass is 9.84. The zero-order chi connectivity index (χ0) is 20.8. The number of hydrogen-bond acceptors (Lipinski definition) is 5. The predicted molar refractivity (Wildman–Crippen MR) is 120 cm³/mol. The largest absolute Gasteiger partial charge is 0.497 e. The first-order chi connectivity index (χ1) is 14.7. The Labute approximate surface area is 181 Å². The van der Waals surface area contributed by atoms with E-state index < -0.39 is 0 Å². The standard InChI is InChI=1S/C24H26N2O3S/c1-28-20-11-9-19(10-12-20)22-16-30-24(25-22)26-23(27)15-29-21-13-7-18(8-14-21)17-5-3-2-4-6-17/h7-14,16-17H,2-6,15H2,1H3,(H,25,26,27). The molecule has 0 bridgehead atoms. The number of carbonyl (C=O) groups is 1. The average Bonchev–Trinajstić information content (AvgIpc) is 3.27. The van der Waals surface area contributed by atoms with Crippen LogP contribution in [0, 0.1) is 0 Å². The quantitative estimate of drug-likeness (QED) is 0.516. The number of nitrogens with one attached hydrogen (secondary N) is 1. The van der Waals surface area contributed by atoms with Crippen molar-refractivity contribution < 1.29 is 14.3 Å². The summed E-state index contributed by atoms with van der Waals surface area (Å²) in [6.07, 6.45) is 6.54. The lowest BCUT2D eigenvalue weighted by molar-refractivity contribution is -0.118. The molecule has 3 aromatic rings. The normalized spacial score (nSPS) is 14.3. The van der Waals surface area contributed by atoms with E-state index in [1.54, 1.807) is 7.11 Å². The van der Waals surface area contributed by atoms with Gasteiger partial charge in [-0.2, -0.15) is 0 Å². The Bertz CT molecular complexity index is 961. The molecule has 0 aliphatic heterocycles. The van der Waals surface area contributed by atoms with Gasteiger partial charge in [-0.05, 0) is 60.7 Å². The topological polar surface area (TPSA) is 60.5 Å². The lowest BCUT2D eigenvalue weighted by Crippen LogP contribution is -2.20. The lowest BCUT2D eigenvalue weighted by Gasteiger charge is -2.22. The van der Waals surface area contributed by atoms with Gasteiger partial charge < -0.3 is 9.47 Å². The molecule has 1 aliphatic rings. The molecule has 1 N–H and O–H groups in total. The molecule has 1 amide bonds. The molecule has 0 radical (unpaired) electrons. The number of rotatable bonds is 7. The van der Waals surface area contributed by atoms with Crippen LogP contribution in [-0.2, 0) is 4.79 Å². The second-order valence-electron chi connectivity index (χ2n) is 7.51. The van der Waals surface area contributed by atoms with Gasteiger partial charge in [-0.1, -0.05) is 31.4 Å². The van der Waals surface area contributed by atoms with E-state index in [0.717, 1.165) is 17.0 Å². The van der Waals surface area contributed by atoms with Gasteiger partial charge in [0.1, 0.15) is 11.5 Å². The molecule has 2 aromatic carbocycles. The van der Waals surface area contributed by atoms with Crippen LogP contribution in [0.2, 0.25) is 0 Å². The van der Waals surface area contributed by atoms with Crippen LogP contribution in [0.25, 0.3) is 11.3 Å². The molecule has 156 valence electrons. The Morgan fingerprint density at radius 1 is 1.03 bits per heavy atom. The van der Waals surface area contributed by atoms with E-state index >= 15 is 0 Å². The molecule has 1 aromatic heterocycles. The van der Waals surface area contributed by atoms with Crippen LogP contribution in [0.5, 0.6) is 11.5 Å². The summed E-state index contributed by atoms with van der Waals surface area (Å²) in [7, 11) is 1.64. The van der Waals surface area contributed by atoms with Crippen molar-refractivity contribution in [3.8, 4) is 22.8 Å². The third-order valence-electron chi connectivity index (χ3n) is 5.46. The van der Waals surface area contributed by atoms with Gasteiger partial charge in [0.25, 0.3) is 5.91 Å². The Balaban J connectivity index is 1.28. The summed E-state index contributed by atoms with van der Waals surface area (Å²) in [6, 6.07) is 15.8. The van der Waals surface area contributed by atoms with E-state index in [9.17, 15) is 4.79 Å². The van der Waals surface area contributed by atoms with E-state index in [2.05, 4.69) is 22.4 Å². The van der Waals surface area contributed by atoms with Crippen molar-refractivity contribution in [2.45, 2.75) is 38.0 Å². The van der Waals surface area contributed by atoms with Crippen molar-refractivity contribution in [3.63, 3.8) is 0 Å². The minimum atomic E-state index is -0.220. The number of nitrogens with zero attached hydrogens (tertiary/aromatic N) is 1. The molecule has 0 unspecified atom stereocenters. The van der Waals surface area contributed by atoms with Gasteiger partial charge >= 0.3 is 0 Å². The average molecular weight is 423 g/mol. The highest BCUT2D eigenvalue weighted by molar-refractivity contribution is 7.14. The van der Waals surface area contributed by atoms with Crippen molar-refractivity contribution in [1.82, 2.24) is 4.98 Å². The first kappa shape index (κ1) is 20.4. The molecule has 1 saturated carbocycles. The fourth-order valence-corrected chi connectivity index (χ4v) is 4.54. The highest BCUT2D eigenvalue weighted by Crippen LogP contribution is 2.33. The van der Waals surface area contributed by atoms with Crippen LogP contribution in [0.4, 0.5) is 5.13 Å². The molecular formula is C24H26N2O3S. The van der Waals surface area contributed by atoms with Gasteiger partial charge in [-0.3, -0.25) is 10.1 Å². The minimum Gasteiger partial charge on any atom is -0.497 e. The highest BCUT2D eigenvalue weighted by Gasteiger charge is 2.15. The fraction of sp³-hybridized carbons (Fsp3) is 0.333. The SMILES string of the molecule is COc1ccc(-c2csc(NC(=O)COc3ccc(C4CCCCC4)cc3)n2)cc1. The summed E-state index contributed by atoms with van der Waals surface area (Å²) in [5, 5.41) is 5.28. The number of thiazole rings is 1. The van der Waals surface area contributed by atoms with Crippen LogP contribution in [-0.4, -0.2) is 24.6 Å². The molecule has 1 aliphatic carbocycles. The summed E-state index contributed by atoms with van der Waals surface area (Å²) in [4.78, 5) is 16.7. The molecule has 0 saturated heterocycles. The summed E-state index contributed by atoms with van der Waals surface area (Å²) >= 11 is 1.39. The zero-order valence-electron chi connectivity index (χ0n) is 17.1. The minimum absolute atomic E-state index is 0.0414. The van der Waals surface area contributed by atoms with Crippen molar-refractivity contribution in [3.05, 3.63) is 59.5 Å². The van der Waals surface area contributed by atoms with Crippen LogP contribution in [0.3, 0.4) is 0 Å². The third kappa shape index (κ3) is 5.19. The van der Waals surface area contributed by atoms with Gasteiger partial charge in [0, 0.05) is 10.9 Å². The van der Waals surface area contributed by atoms with Gasteiger partial charge in [0.05, 0.1) is 12.8 Å². The highest BCUT2D eigenvalue weighted by atomic mass is 32.1. The summed E-state index contributed by atoms with van der Waals surface area (Å²) < 4.78 is 10.8. The molecule has 6 heteroatoms. The number of aromatic nitrogens is 1. The molecule has 0 atom stereocenters. The Morgan fingerprint density at radius 3 is 2.43 bits per heavy atom. The Morgan fingerprint density at radius 2 is 1.73 bits per heavy atom. The third-order valence-corrected chi connectivity index (χ3v) is 6.22. The monoisotopic (exact) mass is 422 g/mol. The van der Waals surface area contributed by atoms with Crippen molar-refractivity contribution in [1.29, 1.82) is 0 Å². The van der Waals surface area contributed by atoms with Crippen molar-refractivity contribution in [2.24, 2.45) is 0 Å². The van der Waals surface area contributed by atoms with Crippen LogP contribution >= 0.6 is 11.3 Å². The Hall–Kier alpha value is -2.86. The smallest absolute Gasteiger partial charge is 0.264 e. The maximum atomic E-state index is 12.2. The molecule has 5 nitrogen and oxygen atoms in total. The van der Waals surface area contributed by atoms with Crippen molar-refractivity contribution >= 4 is 22.4 Å². The second-order valence-corrected chi connectivity index (χ2v) is 8.37. The van der Waals surface area contributed by atoms with E-state index in [-0.39, 0.29) is 12.5 Å². The van der Waals surface area contributed by atoms with E-state index in [0.29, 0.717) is 16.8 Å². The zero-order valence-corrected chi connectivity index (χ0v) is 17.9. The Kier molecular flexibility index (Phi) is 6.64. The van der Waals surface area contributed by atoms with Gasteiger partial charge in [-0.15, -0.1) is 11.3 Å². The summed E-state index contributed by atoms with van der Waals surface area (Å²) in [6.45, 7) is -0.0414. The van der Waals surface area contributed by atoms with E-state index in [1.807, 2.05) is 41.8 Å². The van der Waals surface area contributed by atoms with Gasteiger partial charge in [0.2, 0.25) is 0 Å². The molecule has 4 rings (SSSR count). The van der Waals surface area contributed by atoms with E-state index in [4.69, 9.17) is 9.47 Å². The number of amides is 1. The van der Waals surface area contributed by atoms with Crippen LogP contribution in [0.15, 0.2) is 53.9 Å². The molecule has 1 heterocycles. The molecule has 0 spiro atoms. The summed E-state index contributed by atoms with van der Waals surface area (Å²) in [5.41, 5.74) is 3.17. The molecule has 1 fully saturated rings. The first-order valence-electron chi connectivity index (χ1n) is 10.3. The fourth-order valence-electron chi connectivity index (χ4n) is 3.80. The number of carbonyl (C=O) groups excluding carboxylic acids is 1. The van der Waals surface area contributed by atoms with Crippen LogP contribution in [0.1, 0.15) is 43.6 Å². The maximum Gasteiger partial charge on any atom is 0.264 e. The second kappa shape index (κ2) is 9.76. The predicted octanol–water partition coefficient (Wildman–Crippen LogP) is 5.88. The molecule has 30 heavy (non-hydrogen) atoms. The van der Waals surface area contributed by atoms with Gasteiger partial charge in [-0.25, -0.2) is 4.98 Å². The number of methoxy groups -OCH3 is 1. The number of anilines is 1. The van der Waals surface area contributed by atoms with Crippen molar-refractivity contribution in [2.75, 3.05) is 19.0 Å². The number of ether oxygens (including phenoxy) is 2. The van der Waals surface area contributed by atoms with Gasteiger partial charge in [0.15, 0.2) is 11.7 Å². The molecular weight excluding hydrogens is 396 g/mol. The summed E-state index contributed by atoms with van der Waals surface area (Å²) in [5.74, 6) is 1.96. The maximum absolute atomic E-state index is 12.2.